The number of fused-ring (bicyclic) bond motifs is 1. The average Bonchev–Trinajstić information content (AvgIpc) is 3.04. The third-order valence-electron chi connectivity index (χ3n) is 2.11. The largest absolute Gasteiger partial charge is 0.275 e. The van der Waals surface area contributed by atoms with Crippen molar-refractivity contribution in [2.75, 3.05) is 6.26 Å². The van der Waals surface area contributed by atoms with E-state index in [1.54, 1.807) is 33.1 Å². The molecule has 0 aromatic carbocycles. The molecule has 0 aliphatic heterocycles. The Labute approximate surface area is 105 Å². The van der Waals surface area contributed by atoms with Gasteiger partial charge in [0.25, 0.3) is 5.78 Å². The van der Waals surface area contributed by atoms with Crippen LogP contribution in [0.25, 0.3) is 5.78 Å². The van der Waals surface area contributed by atoms with Gasteiger partial charge in [0.05, 0.1) is 6.21 Å². The smallest absolute Gasteiger partial charge is 0.184 e. The topological polar surface area (TPSA) is 60.4 Å². The standard InChI is InChI=1S/C9H8N6S2/c1-16-9-13-12-8-14(6-11-15(8)9)10-5-7-3-2-4-17-7/h2-6H,1H3. The molecule has 6 nitrogen and oxygen atoms in total. The van der Waals surface area contributed by atoms with Crippen LogP contribution in [-0.2, 0) is 0 Å². The molecule has 8 heteroatoms. The normalized spacial score (nSPS) is 11.8. The maximum Gasteiger partial charge on any atom is 0.275 e. The number of hydrogen-bond acceptors (Lipinski definition) is 6. The van der Waals surface area contributed by atoms with Crippen molar-refractivity contribution in [1.82, 2.24) is 24.5 Å². The lowest BCUT2D eigenvalue weighted by Crippen LogP contribution is -1.89. The van der Waals surface area contributed by atoms with E-state index in [9.17, 15) is 0 Å². The van der Waals surface area contributed by atoms with Gasteiger partial charge in [-0.15, -0.1) is 21.5 Å². The molecule has 0 aliphatic carbocycles. The van der Waals surface area contributed by atoms with Gasteiger partial charge in [-0.2, -0.15) is 19.4 Å². The molecule has 3 aromatic heterocycles. The summed E-state index contributed by atoms with van der Waals surface area (Å²) in [6, 6.07) is 3.98. The van der Waals surface area contributed by atoms with Gasteiger partial charge in [-0.05, 0) is 17.7 Å². The zero-order valence-corrected chi connectivity index (χ0v) is 10.5. The summed E-state index contributed by atoms with van der Waals surface area (Å²) >= 11 is 3.13. The molecule has 0 aliphatic rings. The Kier molecular flexibility index (Phi) is 2.65. The van der Waals surface area contributed by atoms with E-state index >= 15 is 0 Å². The zero-order chi connectivity index (χ0) is 11.7. The van der Waals surface area contributed by atoms with Gasteiger partial charge >= 0.3 is 0 Å². The maximum absolute atomic E-state index is 4.29. The van der Waals surface area contributed by atoms with E-state index in [1.807, 2.05) is 23.8 Å². The predicted octanol–water partition coefficient (Wildman–Crippen LogP) is 1.59. The minimum Gasteiger partial charge on any atom is -0.184 e. The summed E-state index contributed by atoms with van der Waals surface area (Å²) < 4.78 is 3.27. The van der Waals surface area contributed by atoms with Crippen LogP contribution in [0.15, 0.2) is 34.1 Å². The summed E-state index contributed by atoms with van der Waals surface area (Å²) in [4.78, 5) is 1.08. The Morgan fingerprint density at radius 3 is 3.18 bits per heavy atom. The fourth-order valence-corrected chi connectivity index (χ4v) is 2.35. The zero-order valence-electron chi connectivity index (χ0n) is 8.89. The number of thiophene rings is 1. The van der Waals surface area contributed by atoms with Gasteiger partial charge in [-0.3, -0.25) is 0 Å². The Hall–Kier alpha value is -1.67. The molecule has 86 valence electrons. The third-order valence-corrected chi connectivity index (χ3v) is 3.54. The van der Waals surface area contributed by atoms with Gasteiger partial charge in [-0.1, -0.05) is 17.8 Å². The lowest BCUT2D eigenvalue weighted by molar-refractivity contribution is 0.817. The molecule has 3 rings (SSSR count). The van der Waals surface area contributed by atoms with Gasteiger partial charge in [0.15, 0.2) is 0 Å². The van der Waals surface area contributed by atoms with E-state index in [4.69, 9.17) is 0 Å². The van der Waals surface area contributed by atoms with Crippen LogP contribution in [0.5, 0.6) is 0 Å². The average molecular weight is 264 g/mol. The highest BCUT2D eigenvalue weighted by Gasteiger charge is 2.09. The van der Waals surface area contributed by atoms with Gasteiger partial charge in [-0.25, -0.2) is 0 Å². The predicted molar refractivity (Wildman–Crippen MR) is 67.9 cm³/mol. The monoisotopic (exact) mass is 264 g/mol. The minimum atomic E-state index is 0.613. The van der Waals surface area contributed by atoms with Gasteiger partial charge in [0, 0.05) is 4.88 Å². The second-order valence-electron chi connectivity index (χ2n) is 3.13. The van der Waals surface area contributed by atoms with E-state index in [0.29, 0.717) is 5.78 Å². The van der Waals surface area contributed by atoms with Crippen LogP contribution in [0, 0.1) is 0 Å². The molecule has 0 atom stereocenters. The molecule has 0 saturated carbocycles. The molecule has 0 fully saturated rings. The first kappa shape index (κ1) is 10.5. The van der Waals surface area contributed by atoms with Crippen LogP contribution < -0.4 is 0 Å². The van der Waals surface area contributed by atoms with E-state index < -0.39 is 0 Å². The summed E-state index contributed by atoms with van der Waals surface area (Å²) in [6.45, 7) is 0. The van der Waals surface area contributed by atoms with Crippen molar-refractivity contribution in [1.29, 1.82) is 0 Å². The highest BCUT2D eigenvalue weighted by Crippen LogP contribution is 2.12. The van der Waals surface area contributed by atoms with E-state index in [0.717, 1.165) is 10.0 Å². The van der Waals surface area contributed by atoms with Gasteiger partial charge in [0.2, 0.25) is 5.16 Å². The van der Waals surface area contributed by atoms with Crippen molar-refractivity contribution >= 4 is 35.1 Å². The summed E-state index contributed by atoms with van der Waals surface area (Å²) in [7, 11) is 0. The van der Waals surface area contributed by atoms with Crippen LogP contribution in [0.1, 0.15) is 4.88 Å². The molecule has 0 unspecified atom stereocenters. The Morgan fingerprint density at radius 1 is 1.47 bits per heavy atom. The summed E-state index contributed by atoms with van der Waals surface area (Å²) in [5.74, 6) is 0.613. The van der Waals surface area contributed by atoms with Crippen LogP contribution >= 0.6 is 23.1 Å². The number of nitrogens with zero attached hydrogens (tertiary/aromatic N) is 6. The molecular formula is C9H8N6S2. The summed E-state index contributed by atoms with van der Waals surface area (Å²) in [5.41, 5.74) is 0. The van der Waals surface area contributed by atoms with Crippen molar-refractivity contribution in [2.24, 2.45) is 5.10 Å². The molecule has 0 spiro atoms. The highest BCUT2D eigenvalue weighted by atomic mass is 32.2. The molecule has 0 N–H and O–H groups in total. The number of thioether (sulfide) groups is 1. The van der Waals surface area contributed by atoms with Crippen molar-refractivity contribution in [3.05, 3.63) is 28.7 Å². The second-order valence-corrected chi connectivity index (χ2v) is 4.89. The van der Waals surface area contributed by atoms with Crippen LogP contribution in [0.2, 0.25) is 0 Å². The highest BCUT2D eigenvalue weighted by molar-refractivity contribution is 7.98. The molecule has 3 heterocycles. The van der Waals surface area contributed by atoms with Crippen molar-refractivity contribution in [3.8, 4) is 0 Å². The Balaban J connectivity index is 1.98. The van der Waals surface area contributed by atoms with Crippen molar-refractivity contribution in [2.45, 2.75) is 5.16 Å². The molecule has 0 radical (unpaired) electrons. The maximum atomic E-state index is 4.29. The summed E-state index contributed by atoms with van der Waals surface area (Å²) in [6.07, 6.45) is 5.33. The van der Waals surface area contributed by atoms with E-state index in [-0.39, 0.29) is 0 Å². The van der Waals surface area contributed by atoms with E-state index in [2.05, 4.69) is 20.4 Å². The van der Waals surface area contributed by atoms with Gasteiger partial charge in [0.1, 0.15) is 6.33 Å². The van der Waals surface area contributed by atoms with Gasteiger partial charge < -0.3 is 0 Å². The first-order chi connectivity index (χ1) is 8.38. The Bertz CT molecular complexity index is 650. The number of hydrogen-bond donors (Lipinski definition) is 0. The number of aromatic nitrogens is 5. The fraction of sp³-hybridized carbons (Fsp3) is 0.111. The first-order valence-corrected chi connectivity index (χ1v) is 6.89. The van der Waals surface area contributed by atoms with Crippen LogP contribution in [0.4, 0.5) is 0 Å². The quantitative estimate of drug-likeness (QED) is 0.532. The number of rotatable bonds is 3. The summed E-state index contributed by atoms with van der Waals surface area (Å²) in [5, 5.41) is 19.3. The van der Waals surface area contributed by atoms with Crippen molar-refractivity contribution in [3.63, 3.8) is 0 Å². The molecular weight excluding hydrogens is 256 g/mol. The van der Waals surface area contributed by atoms with Crippen molar-refractivity contribution < 1.29 is 0 Å². The second kappa shape index (κ2) is 4.30. The third kappa shape index (κ3) is 1.85. The molecule has 17 heavy (non-hydrogen) atoms. The molecule has 0 amide bonds. The van der Waals surface area contributed by atoms with Crippen LogP contribution in [-0.4, -0.2) is 37.0 Å². The lowest BCUT2D eigenvalue weighted by atomic mass is 10.5. The molecule has 3 aromatic rings. The first-order valence-electron chi connectivity index (χ1n) is 4.79. The molecule has 0 bridgehead atoms. The fourth-order valence-electron chi connectivity index (χ4n) is 1.35. The minimum absolute atomic E-state index is 0.613. The SMILES string of the molecule is CSc1nnc2n(N=Cc3cccs3)cnn12. The van der Waals surface area contributed by atoms with Crippen LogP contribution in [0.3, 0.4) is 0 Å². The lowest BCUT2D eigenvalue weighted by Gasteiger charge is -1.88. The van der Waals surface area contributed by atoms with E-state index in [1.165, 1.54) is 11.8 Å². The Morgan fingerprint density at radius 2 is 2.41 bits per heavy atom. The molecule has 0 saturated heterocycles.